The first kappa shape index (κ1) is 14.7. The second-order valence-corrected chi connectivity index (χ2v) is 6.16. The van der Waals surface area contributed by atoms with Gasteiger partial charge in [-0.1, -0.05) is 23.7 Å². The predicted molar refractivity (Wildman–Crippen MR) is 76.2 cm³/mol. The number of methoxy groups -OCH3 is 1. The van der Waals surface area contributed by atoms with Gasteiger partial charge in [-0.2, -0.15) is 0 Å². The van der Waals surface area contributed by atoms with Crippen molar-refractivity contribution >= 4 is 29.3 Å². The summed E-state index contributed by atoms with van der Waals surface area (Å²) in [6.45, 7) is 1.84. The maximum Gasteiger partial charge on any atom is 0.323 e. The number of carbonyl (C=O) groups excluding carboxylic acids is 1. The van der Waals surface area contributed by atoms with Gasteiger partial charge in [0.1, 0.15) is 6.04 Å². The molecule has 0 saturated carbocycles. The van der Waals surface area contributed by atoms with Gasteiger partial charge in [-0.3, -0.25) is 10.1 Å². The average Bonchev–Trinajstić information content (AvgIpc) is 2.41. The van der Waals surface area contributed by atoms with Crippen LogP contribution < -0.4 is 5.32 Å². The molecule has 1 aliphatic heterocycles. The SMILES string of the molecule is COC(=O)[C@H]1CS[C@@](O)(c2cccc(Cl)c2)[C@H](C)N1. The van der Waals surface area contributed by atoms with E-state index in [2.05, 4.69) is 5.32 Å². The molecule has 2 N–H and O–H groups in total. The van der Waals surface area contributed by atoms with E-state index in [-0.39, 0.29) is 12.0 Å². The first-order valence-electron chi connectivity index (χ1n) is 5.93. The van der Waals surface area contributed by atoms with Gasteiger partial charge in [-0.15, -0.1) is 11.8 Å². The lowest BCUT2D eigenvalue weighted by Crippen LogP contribution is -2.57. The van der Waals surface area contributed by atoms with E-state index in [1.807, 2.05) is 13.0 Å². The van der Waals surface area contributed by atoms with Crippen molar-refractivity contribution in [3.8, 4) is 0 Å². The number of ether oxygens (including phenoxy) is 1. The Morgan fingerprint density at radius 1 is 1.63 bits per heavy atom. The summed E-state index contributed by atoms with van der Waals surface area (Å²) in [7, 11) is 1.36. The van der Waals surface area contributed by atoms with Crippen LogP contribution in [0.5, 0.6) is 0 Å². The standard InChI is InChI=1S/C13H16ClNO3S/c1-8-13(17,9-4-3-5-10(14)6-9)19-7-11(15-8)12(16)18-2/h3-6,8,11,15,17H,7H2,1-2H3/t8-,11+,13+/m0/s1. The van der Waals surface area contributed by atoms with Crippen molar-refractivity contribution in [1.82, 2.24) is 5.32 Å². The number of thioether (sulfide) groups is 1. The molecule has 1 saturated heterocycles. The molecule has 1 aromatic rings. The van der Waals surface area contributed by atoms with Crippen molar-refractivity contribution in [2.45, 2.75) is 23.9 Å². The van der Waals surface area contributed by atoms with Crippen LogP contribution in [-0.2, 0) is 14.5 Å². The molecule has 0 unspecified atom stereocenters. The third-order valence-corrected chi connectivity index (χ3v) is 5.00. The second-order valence-electron chi connectivity index (χ2n) is 4.48. The highest BCUT2D eigenvalue weighted by molar-refractivity contribution is 8.00. The van der Waals surface area contributed by atoms with E-state index in [1.54, 1.807) is 18.2 Å². The number of aliphatic hydroxyl groups is 1. The van der Waals surface area contributed by atoms with Crippen LogP contribution in [0.3, 0.4) is 0 Å². The van der Waals surface area contributed by atoms with Gasteiger partial charge < -0.3 is 9.84 Å². The normalized spacial score (nSPS) is 30.9. The Hall–Kier alpha value is -0.750. The minimum atomic E-state index is -1.10. The maximum atomic E-state index is 11.5. The third kappa shape index (κ3) is 2.89. The van der Waals surface area contributed by atoms with Crippen molar-refractivity contribution in [3.05, 3.63) is 34.9 Å². The zero-order valence-corrected chi connectivity index (χ0v) is 12.3. The number of nitrogens with one attached hydrogen (secondary N) is 1. The monoisotopic (exact) mass is 301 g/mol. The summed E-state index contributed by atoms with van der Waals surface area (Å²) in [5.41, 5.74) is 0.730. The van der Waals surface area contributed by atoms with E-state index in [9.17, 15) is 9.90 Å². The van der Waals surface area contributed by atoms with Crippen LogP contribution >= 0.6 is 23.4 Å². The van der Waals surface area contributed by atoms with Crippen LogP contribution in [0, 0.1) is 0 Å². The Labute approximate surface area is 121 Å². The van der Waals surface area contributed by atoms with E-state index in [1.165, 1.54) is 18.9 Å². The Bertz CT molecular complexity index is 485. The molecule has 0 amide bonds. The van der Waals surface area contributed by atoms with Gasteiger partial charge in [-0.25, -0.2) is 0 Å². The number of hydrogen-bond acceptors (Lipinski definition) is 5. The fraction of sp³-hybridized carbons (Fsp3) is 0.462. The summed E-state index contributed by atoms with van der Waals surface area (Å²) in [5, 5.41) is 14.5. The van der Waals surface area contributed by atoms with Crippen LogP contribution in [0.2, 0.25) is 5.02 Å². The van der Waals surface area contributed by atoms with Crippen molar-refractivity contribution in [3.63, 3.8) is 0 Å². The molecule has 1 aliphatic rings. The van der Waals surface area contributed by atoms with Crippen LogP contribution in [0.25, 0.3) is 0 Å². The zero-order valence-electron chi connectivity index (χ0n) is 10.7. The average molecular weight is 302 g/mol. The molecule has 0 aromatic heterocycles. The van der Waals surface area contributed by atoms with Crippen molar-refractivity contribution < 1.29 is 14.6 Å². The van der Waals surface area contributed by atoms with Crippen molar-refractivity contribution in [2.24, 2.45) is 0 Å². The Morgan fingerprint density at radius 3 is 2.95 bits per heavy atom. The minimum absolute atomic E-state index is 0.297. The van der Waals surface area contributed by atoms with Gasteiger partial charge >= 0.3 is 5.97 Å². The molecular formula is C13H16ClNO3S. The lowest BCUT2D eigenvalue weighted by atomic mass is 10.0. The van der Waals surface area contributed by atoms with Crippen LogP contribution in [0.4, 0.5) is 0 Å². The number of esters is 1. The van der Waals surface area contributed by atoms with E-state index in [0.29, 0.717) is 10.8 Å². The Morgan fingerprint density at radius 2 is 2.37 bits per heavy atom. The second kappa shape index (κ2) is 5.71. The molecule has 1 aromatic carbocycles. The first-order chi connectivity index (χ1) is 8.97. The van der Waals surface area contributed by atoms with Crippen LogP contribution in [-0.4, -0.2) is 36.0 Å². The summed E-state index contributed by atoms with van der Waals surface area (Å²) < 4.78 is 4.71. The van der Waals surface area contributed by atoms with Gasteiger partial charge in [0.05, 0.1) is 7.11 Å². The zero-order chi connectivity index (χ0) is 14.0. The largest absolute Gasteiger partial charge is 0.468 e. The van der Waals surface area contributed by atoms with E-state index in [4.69, 9.17) is 16.3 Å². The summed E-state index contributed by atoms with van der Waals surface area (Å²) in [4.78, 5) is 10.4. The maximum absolute atomic E-state index is 11.5. The van der Waals surface area contributed by atoms with Gasteiger partial charge in [0, 0.05) is 16.8 Å². The highest BCUT2D eigenvalue weighted by Crippen LogP contribution is 2.41. The number of carbonyl (C=O) groups is 1. The van der Waals surface area contributed by atoms with Gasteiger partial charge in [-0.05, 0) is 24.6 Å². The van der Waals surface area contributed by atoms with Gasteiger partial charge in [0.2, 0.25) is 0 Å². The smallest absolute Gasteiger partial charge is 0.323 e. The van der Waals surface area contributed by atoms with E-state index in [0.717, 1.165) is 5.56 Å². The van der Waals surface area contributed by atoms with Crippen molar-refractivity contribution in [2.75, 3.05) is 12.9 Å². The quantitative estimate of drug-likeness (QED) is 0.815. The molecule has 0 spiro atoms. The predicted octanol–water partition coefficient (Wildman–Crippen LogP) is 1.75. The lowest BCUT2D eigenvalue weighted by molar-refractivity contribution is -0.143. The van der Waals surface area contributed by atoms with Crippen molar-refractivity contribution in [1.29, 1.82) is 0 Å². The molecule has 2 rings (SSSR count). The molecule has 1 heterocycles. The summed E-state index contributed by atoms with van der Waals surface area (Å²) in [5.74, 6) is 0.132. The van der Waals surface area contributed by atoms with E-state index >= 15 is 0 Å². The Balaban J connectivity index is 2.20. The molecule has 19 heavy (non-hydrogen) atoms. The fourth-order valence-corrected chi connectivity index (χ4v) is 3.58. The molecule has 0 aliphatic carbocycles. The van der Waals surface area contributed by atoms with Gasteiger partial charge in [0.15, 0.2) is 4.93 Å². The molecular weight excluding hydrogens is 286 g/mol. The van der Waals surface area contributed by atoms with Gasteiger partial charge in [0.25, 0.3) is 0 Å². The summed E-state index contributed by atoms with van der Waals surface area (Å²) in [6.07, 6.45) is 0. The van der Waals surface area contributed by atoms with E-state index < -0.39 is 11.0 Å². The number of rotatable bonds is 2. The minimum Gasteiger partial charge on any atom is -0.468 e. The molecule has 1 fully saturated rings. The number of halogens is 1. The fourth-order valence-electron chi connectivity index (χ4n) is 2.12. The first-order valence-corrected chi connectivity index (χ1v) is 7.30. The third-order valence-electron chi connectivity index (χ3n) is 3.23. The number of benzene rings is 1. The lowest BCUT2D eigenvalue weighted by Gasteiger charge is -2.41. The molecule has 0 radical (unpaired) electrons. The summed E-state index contributed by atoms with van der Waals surface area (Å²) in [6, 6.07) is 6.44. The molecule has 3 atom stereocenters. The molecule has 0 bridgehead atoms. The Kier molecular flexibility index (Phi) is 4.40. The topological polar surface area (TPSA) is 58.6 Å². The molecule has 6 heteroatoms. The van der Waals surface area contributed by atoms with Crippen LogP contribution in [0.1, 0.15) is 12.5 Å². The molecule has 4 nitrogen and oxygen atoms in total. The summed E-state index contributed by atoms with van der Waals surface area (Å²) >= 11 is 7.28. The number of hydrogen-bond donors (Lipinski definition) is 2. The highest BCUT2D eigenvalue weighted by Gasteiger charge is 2.43. The highest BCUT2D eigenvalue weighted by atomic mass is 35.5. The van der Waals surface area contributed by atoms with Crippen LogP contribution in [0.15, 0.2) is 24.3 Å². The molecule has 104 valence electrons.